The number of carbonyl (C=O) groups is 1. The van der Waals surface area contributed by atoms with Crippen molar-refractivity contribution in [2.45, 2.75) is 26.7 Å². The highest BCUT2D eigenvalue weighted by molar-refractivity contribution is 5.96. The van der Waals surface area contributed by atoms with Crippen molar-refractivity contribution in [1.82, 2.24) is 5.32 Å². The third-order valence-corrected chi connectivity index (χ3v) is 4.00. The first-order chi connectivity index (χ1) is 9.02. The summed E-state index contributed by atoms with van der Waals surface area (Å²) in [5.41, 5.74) is 8.13. The maximum Gasteiger partial charge on any atom is 0.251 e. The number of ether oxygens (including phenoxy) is 1. The molecule has 0 aliphatic carbocycles. The minimum absolute atomic E-state index is 0.0440. The van der Waals surface area contributed by atoms with Gasteiger partial charge in [0.05, 0.1) is 0 Å². The third kappa shape index (κ3) is 3.26. The lowest BCUT2D eigenvalue weighted by Gasteiger charge is -2.33. The average Bonchev–Trinajstić information content (AvgIpc) is 2.40. The highest BCUT2D eigenvalue weighted by Crippen LogP contribution is 2.28. The molecule has 1 aromatic carbocycles. The molecule has 0 bridgehead atoms. The summed E-state index contributed by atoms with van der Waals surface area (Å²) in [4.78, 5) is 12.2. The first kappa shape index (κ1) is 13.9. The van der Waals surface area contributed by atoms with Crippen LogP contribution in [0.3, 0.4) is 0 Å². The number of rotatable bonds is 3. The SMILES string of the molecule is Cc1c(N)cccc1C(=O)NCC1(C)CCOCC1. The summed E-state index contributed by atoms with van der Waals surface area (Å²) in [5.74, 6) is -0.0440. The summed E-state index contributed by atoms with van der Waals surface area (Å²) in [6.45, 7) is 6.32. The second-order valence-corrected chi connectivity index (χ2v) is 5.63. The molecular weight excluding hydrogens is 240 g/mol. The zero-order valence-corrected chi connectivity index (χ0v) is 11.7. The molecule has 1 aliphatic rings. The molecule has 0 saturated carbocycles. The van der Waals surface area contributed by atoms with Crippen molar-refractivity contribution in [2.75, 3.05) is 25.5 Å². The van der Waals surface area contributed by atoms with Crippen molar-refractivity contribution in [3.05, 3.63) is 29.3 Å². The molecular formula is C15H22N2O2. The summed E-state index contributed by atoms with van der Waals surface area (Å²) >= 11 is 0. The molecule has 1 saturated heterocycles. The summed E-state index contributed by atoms with van der Waals surface area (Å²) in [5, 5.41) is 3.03. The molecule has 1 aliphatic heterocycles. The Morgan fingerprint density at radius 2 is 2.11 bits per heavy atom. The van der Waals surface area contributed by atoms with E-state index in [0.29, 0.717) is 17.8 Å². The van der Waals surface area contributed by atoms with Crippen LogP contribution in [0.4, 0.5) is 5.69 Å². The average molecular weight is 262 g/mol. The first-order valence-electron chi connectivity index (χ1n) is 6.73. The van der Waals surface area contributed by atoms with E-state index in [9.17, 15) is 4.79 Å². The lowest BCUT2D eigenvalue weighted by molar-refractivity contribution is 0.0238. The highest BCUT2D eigenvalue weighted by atomic mass is 16.5. The molecule has 104 valence electrons. The molecule has 3 N–H and O–H groups in total. The summed E-state index contributed by atoms with van der Waals surface area (Å²) in [7, 11) is 0. The Morgan fingerprint density at radius 3 is 2.79 bits per heavy atom. The van der Waals surface area contributed by atoms with E-state index in [1.807, 2.05) is 25.1 Å². The molecule has 1 heterocycles. The van der Waals surface area contributed by atoms with E-state index in [1.54, 1.807) is 0 Å². The van der Waals surface area contributed by atoms with Crippen molar-refractivity contribution in [2.24, 2.45) is 5.41 Å². The molecule has 0 unspecified atom stereocenters. The normalized spacial score (nSPS) is 18.0. The lowest BCUT2D eigenvalue weighted by Crippen LogP contribution is -2.39. The molecule has 0 spiro atoms. The van der Waals surface area contributed by atoms with Gasteiger partial charge >= 0.3 is 0 Å². The zero-order valence-electron chi connectivity index (χ0n) is 11.7. The predicted molar refractivity (Wildman–Crippen MR) is 76.1 cm³/mol. The van der Waals surface area contributed by atoms with Gasteiger partial charge in [-0.1, -0.05) is 13.0 Å². The number of nitrogen functional groups attached to an aromatic ring is 1. The molecule has 2 rings (SSSR count). The van der Waals surface area contributed by atoms with E-state index in [1.165, 1.54) is 0 Å². The first-order valence-corrected chi connectivity index (χ1v) is 6.73. The van der Waals surface area contributed by atoms with Gasteiger partial charge in [0.15, 0.2) is 0 Å². The van der Waals surface area contributed by atoms with Gasteiger partial charge in [0.1, 0.15) is 0 Å². The van der Waals surface area contributed by atoms with E-state index in [0.717, 1.165) is 31.6 Å². The Bertz CT molecular complexity index is 465. The van der Waals surface area contributed by atoms with Crippen molar-refractivity contribution in [3.63, 3.8) is 0 Å². The Balaban J connectivity index is 1.99. The number of anilines is 1. The second-order valence-electron chi connectivity index (χ2n) is 5.63. The van der Waals surface area contributed by atoms with Gasteiger partial charge < -0.3 is 15.8 Å². The second kappa shape index (κ2) is 5.61. The maximum absolute atomic E-state index is 12.2. The van der Waals surface area contributed by atoms with Gasteiger partial charge in [0.2, 0.25) is 0 Å². The van der Waals surface area contributed by atoms with Gasteiger partial charge in [-0.3, -0.25) is 4.79 Å². The minimum Gasteiger partial charge on any atom is -0.398 e. The van der Waals surface area contributed by atoms with Gasteiger partial charge in [0.25, 0.3) is 5.91 Å². The number of hydrogen-bond acceptors (Lipinski definition) is 3. The molecule has 4 heteroatoms. The molecule has 0 radical (unpaired) electrons. The molecule has 0 atom stereocenters. The molecule has 1 amide bonds. The zero-order chi connectivity index (χ0) is 13.9. The van der Waals surface area contributed by atoms with Crippen LogP contribution in [0.2, 0.25) is 0 Å². The smallest absolute Gasteiger partial charge is 0.251 e. The Kier molecular flexibility index (Phi) is 4.10. The van der Waals surface area contributed by atoms with Crippen molar-refractivity contribution in [3.8, 4) is 0 Å². The Labute approximate surface area is 114 Å². The largest absolute Gasteiger partial charge is 0.398 e. The standard InChI is InChI=1S/C15H22N2O2/c1-11-12(4-3-5-13(11)16)14(18)17-10-15(2)6-8-19-9-7-15/h3-5H,6-10,16H2,1-2H3,(H,17,18). The number of benzene rings is 1. The lowest BCUT2D eigenvalue weighted by atomic mass is 9.82. The number of amides is 1. The van der Waals surface area contributed by atoms with Crippen molar-refractivity contribution < 1.29 is 9.53 Å². The molecule has 0 aromatic heterocycles. The van der Waals surface area contributed by atoms with Gasteiger partial charge in [-0.2, -0.15) is 0 Å². The minimum atomic E-state index is -0.0440. The fourth-order valence-electron chi connectivity index (χ4n) is 2.33. The van der Waals surface area contributed by atoms with Crippen molar-refractivity contribution >= 4 is 11.6 Å². The summed E-state index contributed by atoms with van der Waals surface area (Å²) in [6, 6.07) is 5.44. The fraction of sp³-hybridized carbons (Fsp3) is 0.533. The van der Waals surface area contributed by atoms with Crippen LogP contribution in [0, 0.1) is 12.3 Å². The van der Waals surface area contributed by atoms with E-state index in [4.69, 9.17) is 10.5 Å². The number of hydrogen-bond donors (Lipinski definition) is 2. The van der Waals surface area contributed by atoms with E-state index < -0.39 is 0 Å². The maximum atomic E-state index is 12.2. The molecule has 1 aromatic rings. The van der Waals surface area contributed by atoms with Crippen molar-refractivity contribution in [1.29, 1.82) is 0 Å². The fourth-order valence-corrected chi connectivity index (χ4v) is 2.33. The third-order valence-electron chi connectivity index (χ3n) is 4.00. The van der Waals surface area contributed by atoms with Gasteiger partial charge in [-0.15, -0.1) is 0 Å². The van der Waals surface area contributed by atoms with Crippen LogP contribution in [0.15, 0.2) is 18.2 Å². The van der Waals surface area contributed by atoms with E-state index in [2.05, 4.69) is 12.2 Å². The van der Waals surface area contributed by atoms with Gasteiger partial charge in [-0.05, 0) is 42.9 Å². The predicted octanol–water partition coefficient (Wildman–Crippen LogP) is 2.12. The van der Waals surface area contributed by atoms with Gasteiger partial charge in [-0.25, -0.2) is 0 Å². The van der Waals surface area contributed by atoms with E-state index in [-0.39, 0.29) is 11.3 Å². The number of nitrogens with two attached hydrogens (primary N) is 1. The van der Waals surface area contributed by atoms with E-state index >= 15 is 0 Å². The van der Waals surface area contributed by atoms with Crippen LogP contribution in [0.1, 0.15) is 35.7 Å². The molecule has 19 heavy (non-hydrogen) atoms. The van der Waals surface area contributed by atoms with Crippen LogP contribution in [0.5, 0.6) is 0 Å². The Hall–Kier alpha value is -1.55. The number of carbonyl (C=O) groups excluding carboxylic acids is 1. The quantitative estimate of drug-likeness (QED) is 0.820. The van der Waals surface area contributed by atoms with Crippen LogP contribution < -0.4 is 11.1 Å². The van der Waals surface area contributed by atoms with Crippen LogP contribution in [-0.2, 0) is 4.74 Å². The molecule has 1 fully saturated rings. The monoisotopic (exact) mass is 262 g/mol. The topological polar surface area (TPSA) is 64.4 Å². The molecule has 4 nitrogen and oxygen atoms in total. The van der Waals surface area contributed by atoms with Crippen LogP contribution in [0.25, 0.3) is 0 Å². The Morgan fingerprint density at radius 1 is 1.42 bits per heavy atom. The van der Waals surface area contributed by atoms with Gasteiger partial charge in [0, 0.05) is 31.0 Å². The highest BCUT2D eigenvalue weighted by Gasteiger charge is 2.28. The van der Waals surface area contributed by atoms with Crippen LogP contribution >= 0.6 is 0 Å². The summed E-state index contributed by atoms with van der Waals surface area (Å²) < 4.78 is 5.36. The summed E-state index contributed by atoms with van der Waals surface area (Å²) in [6.07, 6.45) is 1.98. The number of nitrogens with one attached hydrogen (secondary N) is 1. The van der Waals surface area contributed by atoms with Crippen LogP contribution in [-0.4, -0.2) is 25.7 Å².